The summed E-state index contributed by atoms with van der Waals surface area (Å²) < 4.78 is 5.92. The molecule has 2 heterocycles. The zero-order valence-corrected chi connectivity index (χ0v) is 19.8. The number of hydrogen-bond donors (Lipinski definition) is 2. The molecule has 6 nitrogen and oxygen atoms in total. The van der Waals surface area contributed by atoms with Crippen molar-refractivity contribution < 1.29 is 19.4 Å². The minimum absolute atomic E-state index is 0.0121. The van der Waals surface area contributed by atoms with E-state index in [0.717, 1.165) is 47.7 Å². The van der Waals surface area contributed by atoms with Crippen LogP contribution in [-0.2, 0) is 29.0 Å². The monoisotopic (exact) mass is 460 g/mol. The Hall–Kier alpha value is -3.54. The number of carboxylic acids is 1. The minimum Gasteiger partial charge on any atom is -0.489 e. The normalized spacial score (nSPS) is 16.4. The molecular weight excluding hydrogens is 428 g/mol. The number of aromatic amines is 1. The van der Waals surface area contributed by atoms with Gasteiger partial charge in [-0.1, -0.05) is 43.3 Å². The fourth-order valence-corrected chi connectivity index (χ4v) is 4.49. The summed E-state index contributed by atoms with van der Waals surface area (Å²) in [6, 6.07) is 19.8. The number of carbonyl (C=O) groups is 2. The molecule has 178 valence electrons. The van der Waals surface area contributed by atoms with Crippen LogP contribution in [0.2, 0.25) is 0 Å². The molecule has 4 rings (SSSR count). The van der Waals surface area contributed by atoms with Crippen LogP contribution in [0.1, 0.15) is 53.9 Å². The Labute approximate surface area is 200 Å². The van der Waals surface area contributed by atoms with E-state index in [4.69, 9.17) is 9.84 Å². The molecule has 34 heavy (non-hydrogen) atoms. The smallest absolute Gasteiger partial charge is 0.306 e. The van der Waals surface area contributed by atoms with Crippen molar-refractivity contribution in [1.29, 1.82) is 0 Å². The lowest BCUT2D eigenvalue weighted by atomic mass is 10.1. The molecule has 2 N–H and O–H groups in total. The van der Waals surface area contributed by atoms with E-state index in [1.165, 1.54) is 5.56 Å². The van der Waals surface area contributed by atoms with Crippen molar-refractivity contribution in [2.45, 2.75) is 52.2 Å². The second-order valence-corrected chi connectivity index (χ2v) is 9.16. The Balaban J connectivity index is 1.34. The number of nitrogens with zero attached hydrogens (tertiary/aromatic N) is 1. The number of carboxylic acid groups (broad SMARTS) is 1. The zero-order chi connectivity index (χ0) is 24.1. The van der Waals surface area contributed by atoms with Crippen LogP contribution in [0.5, 0.6) is 5.75 Å². The second kappa shape index (κ2) is 10.6. The van der Waals surface area contributed by atoms with Crippen molar-refractivity contribution >= 4 is 11.9 Å². The Bertz CT molecular complexity index is 1140. The molecule has 1 amide bonds. The van der Waals surface area contributed by atoms with Gasteiger partial charge in [-0.05, 0) is 60.7 Å². The highest BCUT2D eigenvalue weighted by atomic mass is 16.5. The molecule has 3 aromatic rings. The molecule has 2 unspecified atom stereocenters. The van der Waals surface area contributed by atoms with E-state index in [0.29, 0.717) is 19.4 Å². The maximum Gasteiger partial charge on any atom is 0.306 e. The zero-order valence-electron chi connectivity index (χ0n) is 19.8. The van der Waals surface area contributed by atoms with Crippen molar-refractivity contribution in [3.8, 4) is 5.75 Å². The SMILES string of the molecule is Cc1ccccc1COc1ccc(CC(=O)N2CCCC2c2ccc(CC(C)C(=O)O)[nH]2)cc1. The third kappa shape index (κ3) is 5.68. The number of H-pyrrole nitrogens is 1. The van der Waals surface area contributed by atoms with E-state index in [2.05, 4.69) is 24.0 Å². The van der Waals surface area contributed by atoms with E-state index in [1.54, 1.807) is 6.92 Å². The van der Waals surface area contributed by atoms with Crippen LogP contribution in [0.15, 0.2) is 60.7 Å². The molecular formula is C28H32N2O4. The maximum absolute atomic E-state index is 13.1. The predicted molar refractivity (Wildman–Crippen MR) is 131 cm³/mol. The lowest BCUT2D eigenvalue weighted by molar-refractivity contribution is -0.141. The van der Waals surface area contributed by atoms with Gasteiger partial charge in [-0.2, -0.15) is 0 Å². The predicted octanol–water partition coefficient (Wildman–Crippen LogP) is 5.07. The first-order valence-corrected chi connectivity index (χ1v) is 11.9. The number of hydrogen-bond acceptors (Lipinski definition) is 3. The first-order valence-electron chi connectivity index (χ1n) is 11.9. The largest absolute Gasteiger partial charge is 0.489 e. The summed E-state index contributed by atoms with van der Waals surface area (Å²) in [4.78, 5) is 29.5. The van der Waals surface area contributed by atoms with Gasteiger partial charge in [-0.15, -0.1) is 0 Å². The number of aromatic nitrogens is 1. The van der Waals surface area contributed by atoms with E-state index >= 15 is 0 Å². The number of carbonyl (C=O) groups excluding carboxylic acids is 1. The highest BCUT2D eigenvalue weighted by Crippen LogP contribution is 2.32. The van der Waals surface area contributed by atoms with Crippen LogP contribution in [-0.4, -0.2) is 33.4 Å². The Morgan fingerprint density at radius 2 is 1.88 bits per heavy atom. The van der Waals surface area contributed by atoms with Crippen molar-refractivity contribution in [3.05, 3.63) is 88.7 Å². The van der Waals surface area contributed by atoms with Gasteiger partial charge in [0.2, 0.25) is 5.91 Å². The Kier molecular flexibility index (Phi) is 7.36. The van der Waals surface area contributed by atoms with Crippen molar-refractivity contribution in [2.75, 3.05) is 6.54 Å². The summed E-state index contributed by atoms with van der Waals surface area (Å²) in [5, 5.41) is 9.15. The average molecular weight is 461 g/mol. The average Bonchev–Trinajstić information content (AvgIpc) is 3.49. The van der Waals surface area contributed by atoms with E-state index in [9.17, 15) is 9.59 Å². The number of benzene rings is 2. The molecule has 2 atom stereocenters. The number of nitrogens with one attached hydrogen (secondary N) is 1. The van der Waals surface area contributed by atoms with E-state index < -0.39 is 11.9 Å². The quantitative estimate of drug-likeness (QED) is 0.467. The van der Waals surface area contributed by atoms with Gasteiger partial charge in [0.25, 0.3) is 0 Å². The first-order chi connectivity index (χ1) is 16.4. The van der Waals surface area contributed by atoms with Gasteiger partial charge in [-0.25, -0.2) is 0 Å². The van der Waals surface area contributed by atoms with Gasteiger partial charge < -0.3 is 19.7 Å². The van der Waals surface area contributed by atoms with Gasteiger partial charge in [0, 0.05) is 24.4 Å². The van der Waals surface area contributed by atoms with Gasteiger partial charge in [0.05, 0.1) is 18.4 Å². The summed E-state index contributed by atoms with van der Waals surface area (Å²) in [7, 11) is 0. The third-order valence-electron chi connectivity index (χ3n) is 6.58. The van der Waals surface area contributed by atoms with Crippen LogP contribution < -0.4 is 4.74 Å². The standard InChI is InChI=1S/C28H32N2O4/c1-19-6-3-4-7-22(19)18-34-24-12-9-21(10-13-24)17-27(31)30-15-5-8-26(30)25-14-11-23(29-25)16-20(2)28(32)33/h3-4,6-7,9-14,20,26,29H,5,8,15-18H2,1-2H3,(H,32,33). The second-order valence-electron chi connectivity index (χ2n) is 9.16. The van der Waals surface area contributed by atoms with Crippen LogP contribution >= 0.6 is 0 Å². The van der Waals surface area contributed by atoms with Crippen LogP contribution in [0, 0.1) is 12.8 Å². The molecule has 0 radical (unpaired) electrons. The number of aliphatic carboxylic acids is 1. The maximum atomic E-state index is 13.1. The highest BCUT2D eigenvalue weighted by Gasteiger charge is 2.31. The third-order valence-corrected chi connectivity index (χ3v) is 6.58. The Morgan fingerprint density at radius 1 is 1.12 bits per heavy atom. The lowest BCUT2D eigenvalue weighted by Gasteiger charge is -2.24. The molecule has 1 saturated heterocycles. The summed E-state index contributed by atoms with van der Waals surface area (Å²) in [6.07, 6.45) is 2.67. The molecule has 6 heteroatoms. The summed E-state index contributed by atoms with van der Waals surface area (Å²) in [6.45, 7) is 5.03. The number of ether oxygens (including phenoxy) is 1. The van der Waals surface area contributed by atoms with Gasteiger partial charge in [0.1, 0.15) is 12.4 Å². The minimum atomic E-state index is -0.805. The van der Waals surface area contributed by atoms with Gasteiger partial charge >= 0.3 is 5.97 Å². The molecule has 0 spiro atoms. The molecule has 1 aliphatic rings. The molecule has 1 aromatic heterocycles. The molecule has 2 aromatic carbocycles. The molecule has 0 saturated carbocycles. The molecule has 1 aliphatic heterocycles. The van der Waals surface area contributed by atoms with Gasteiger partial charge in [-0.3, -0.25) is 9.59 Å². The number of rotatable bonds is 9. The van der Waals surface area contributed by atoms with Crippen LogP contribution in [0.3, 0.4) is 0 Å². The van der Waals surface area contributed by atoms with E-state index in [-0.39, 0.29) is 11.9 Å². The first kappa shape index (κ1) is 23.6. The number of aryl methyl sites for hydroxylation is 1. The number of likely N-dealkylation sites (tertiary alicyclic amines) is 1. The summed E-state index contributed by atoms with van der Waals surface area (Å²) >= 11 is 0. The van der Waals surface area contributed by atoms with E-state index in [1.807, 2.05) is 53.4 Å². The Morgan fingerprint density at radius 3 is 2.62 bits per heavy atom. The van der Waals surface area contributed by atoms with Crippen molar-refractivity contribution in [3.63, 3.8) is 0 Å². The number of amides is 1. The van der Waals surface area contributed by atoms with Gasteiger partial charge in [0.15, 0.2) is 0 Å². The van der Waals surface area contributed by atoms with Crippen LogP contribution in [0.4, 0.5) is 0 Å². The summed E-state index contributed by atoms with van der Waals surface area (Å²) in [5.74, 6) is -0.365. The summed E-state index contributed by atoms with van der Waals surface area (Å²) in [5.41, 5.74) is 5.20. The molecule has 1 fully saturated rings. The van der Waals surface area contributed by atoms with Crippen molar-refractivity contribution in [1.82, 2.24) is 9.88 Å². The molecule has 0 bridgehead atoms. The van der Waals surface area contributed by atoms with Crippen LogP contribution in [0.25, 0.3) is 0 Å². The fourth-order valence-electron chi connectivity index (χ4n) is 4.49. The topological polar surface area (TPSA) is 82.6 Å². The highest BCUT2D eigenvalue weighted by molar-refractivity contribution is 5.79. The lowest BCUT2D eigenvalue weighted by Crippen LogP contribution is -2.32. The van der Waals surface area contributed by atoms with Crippen molar-refractivity contribution in [2.24, 2.45) is 5.92 Å². The molecule has 0 aliphatic carbocycles. The fraction of sp³-hybridized carbons (Fsp3) is 0.357.